The minimum absolute atomic E-state index is 0.174. The third-order valence-corrected chi connectivity index (χ3v) is 3.26. The molecule has 0 saturated carbocycles. The normalized spacial score (nSPS) is 12.2. The van der Waals surface area contributed by atoms with Gasteiger partial charge in [0.05, 0.1) is 17.8 Å². The summed E-state index contributed by atoms with van der Waals surface area (Å²) in [5, 5.41) is 3.94. The van der Waals surface area contributed by atoms with Crippen LogP contribution in [0.1, 0.15) is 18.1 Å². The van der Waals surface area contributed by atoms with Crippen molar-refractivity contribution in [3.63, 3.8) is 0 Å². The number of hydrazine groups is 1. The Morgan fingerprint density at radius 2 is 1.96 bits per heavy atom. The molecular weight excluding hydrogens is 333 g/mol. The lowest BCUT2D eigenvalue weighted by Gasteiger charge is -2.19. The summed E-state index contributed by atoms with van der Waals surface area (Å²) in [6, 6.07) is 3.20. The van der Waals surface area contributed by atoms with Crippen LogP contribution in [-0.2, 0) is 5.92 Å². The molecule has 0 spiro atoms. The Kier molecular flexibility index (Phi) is 5.48. The largest absolute Gasteiger partial charge is 0.399 e. The lowest BCUT2D eigenvalue weighted by Crippen LogP contribution is -2.28. The van der Waals surface area contributed by atoms with Crippen LogP contribution in [0.15, 0.2) is 42.5 Å². The summed E-state index contributed by atoms with van der Waals surface area (Å²) < 4.78 is 40.3. The Bertz CT molecular complexity index is 755. The maximum atomic E-state index is 13.5. The Morgan fingerprint density at radius 3 is 2.56 bits per heavy atom. The van der Waals surface area contributed by atoms with E-state index in [4.69, 9.17) is 11.6 Å². The van der Waals surface area contributed by atoms with Gasteiger partial charge in [-0.2, -0.15) is 0 Å². The van der Waals surface area contributed by atoms with Gasteiger partial charge in [-0.25, -0.2) is 29.0 Å². The molecule has 0 aliphatic heterocycles. The van der Waals surface area contributed by atoms with Crippen LogP contribution < -0.4 is 21.9 Å². The fourth-order valence-electron chi connectivity index (χ4n) is 1.97. The Labute approximate surface area is 143 Å². The molecule has 6 nitrogen and oxygen atoms in total. The number of benzene rings is 1. The molecule has 0 fully saturated rings. The summed E-state index contributed by atoms with van der Waals surface area (Å²) in [7, 11) is 0. The Morgan fingerprint density at radius 1 is 1.32 bits per heavy atom. The molecule has 9 heteroatoms. The average molecular weight is 352 g/mol. The summed E-state index contributed by atoms with van der Waals surface area (Å²) in [6.07, 6.45) is 4.64. The standard InChI is InChI=1S/C16H19F3N6/c1-10-6-22-15(23-7-10)24-8-11(20)9-25(21)12-3-4-14(17)13(5-12)16(2,18)19/h3-7,9H,8,20-21H2,1-2H3,(H,22,23,24)/b11-9-. The molecule has 134 valence electrons. The molecule has 2 aromatic rings. The van der Waals surface area contributed by atoms with Crippen LogP contribution in [0.25, 0.3) is 0 Å². The van der Waals surface area contributed by atoms with E-state index in [0.29, 0.717) is 18.6 Å². The van der Waals surface area contributed by atoms with E-state index in [0.717, 1.165) is 22.7 Å². The molecule has 1 aromatic carbocycles. The zero-order chi connectivity index (χ0) is 18.6. The number of anilines is 2. The number of hydrogen-bond donors (Lipinski definition) is 3. The summed E-state index contributed by atoms with van der Waals surface area (Å²) in [5.41, 5.74) is 6.50. The van der Waals surface area contributed by atoms with Crippen LogP contribution in [-0.4, -0.2) is 16.5 Å². The van der Waals surface area contributed by atoms with Crippen LogP contribution in [0.4, 0.5) is 24.8 Å². The number of hydrogen-bond acceptors (Lipinski definition) is 6. The van der Waals surface area contributed by atoms with Gasteiger partial charge < -0.3 is 11.1 Å². The second-order valence-electron chi connectivity index (χ2n) is 5.60. The second-order valence-corrected chi connectivity index (χ2v) is 5.60. The van der Waals surface area contributed by atoms with E-state index in [2.05, 4.69) is 15.3 Å². The molecule has 0 unspecified atom stereocenters. The van der Waals surface area contributed by atoms with E-state index in [-0.39, 0.29) is 12.2 Å². The first-order valence-electron chi connectivity index (χ1n) is 7.37. The summed E-state index contributed by atoms with van der Waals surface area (Å²) in [6.45, 7) is 2.67. The van der Waals surface area contributed by atoms with Crippen molar-refractivity contribution < 1.29 is 13.2 Å². The van der Waals surface area contributed by atoms with Gasteiger partial charge in [-0.3, -0.25) is 5.01 Å². The molecule has 2 rings (SSSR count). The first kappa shape index (κ1) is 18.5. The topological polar surface area (TPSA) is 93.1 Å². The van der Waals surface area contributed by atoms with E-state index in [1.165, 1.54) is 12.3 Å². The molecule has 0 aliphatic rings. The third kappa shape index (κ3) is 5.08. The molecule has 0 amide bonds. The van der Waals surface area contributed by atoms with Crippen molar-refractivity contribution in [2.45, 2.75) is 19.8 Å². The number of halogens is 3. The molecular formula is C16H19F3N6. The number of nitrogens with two attached hydrogens (primary N) is 2. The van der Waals surface area contributed by atoms with E-state index in [9.17, 15) is 13.2 Å². The lowest BCUT2D eigenvalue weighted by molar-refractivity contribution is 0.0138. The van der Waals surface area contributed by atoms with Gasteiger partial charge >= 0.3 is 0 Å². The number of aromatic nitrogens is 2. The van der Waals surface area contributed by atoms with Crippen LogP contribution in [0.2, 0.25) is 0 Å². The smallest absolute Gasteiger partial charge is 0.273 e. The maximum Gasteiger partial charge on any atom is 0.273 e. The predicted octanol–water partition coefficient (Wildman–Crippen LogP) is 2.63. The zero-order valence-corrected chi connectivity index (χ0v) is 13.8. The van der Waals surface area contributed by atoms with Crippen LogP contribution >= 0.6 is 0 Å². The van der Waals surface area contributed by atoms with E-state index in [1.54, 1.807) is 12.4 Å². The molecule has 0 radical (unpaired) electrons. The van der Waals surface area contributed by atoms with Crippen molar-refractivity contribution in [1.82, 2.24) is 9.97 Å². The molecule has 25 heavy (non-hydrogen) atoms. The highest BCUT2D eigenvalue weighted by atomic mass is 19.3. The average Bonchev–Trinajstić information content (AvgIpc) is 2.53. The lowest BCUT2D eigenvalue weighted by atomic mass is 10.1. The van der Waals surface area contributed by atoms with Crippen molar-refractivity contribution in [2.75, 3.05) is 16.9 Å². The third-order valence-electron chi connectivity index (χ3n) is 3.26. The first-order valence-corrected chi connectivity index (χ1v) is 7.37. The highest BCUT2D eigenvalue weighted by molar-refractivity contribution is 5.51. The van der Waals surface area contributed by atoms with E-state index >= 15 is 0 Å². The molecule has 0 atom stereocenters. The number of alkyl halides is 2. The molecule has 0 saturated heterocycles. The zero-order valence-electron chi connectivity index (χ0n) is 13.8. The summed E-state index contributed by atoms with van der Waals surface area (Å²) >= 11 is 0. The van der Waals surface area contributed by atoms with Gasteiger partial charge in [0.2, 0.25) is 5.95 Å². The van der Waals surface area contributed by atoms with Crippen LogP contribution in [0.3, 0.4) is 0 Å². The SMILES string of the molecule is Cc1cnc(NC/C(N)=C/N(N)c2ccc(F)c(C(C)(F)F)c2)nc1. The van der Waals surface area contributed by atoms with Crippen molar-refractivity contribution >= 4 is 11.6 Å². The summed E-state index contributed by atoms with van der Waals surface area (Å²) in [5.74, 6) is 1.87. The minimum atomic E-state index is -3.32. The van der Waals surface area contributed by atoms with Crippen molar-refractivity contribution in [2.24, 2.45) is 11.6 Å². The van der Waals surface area contributed by atoms with Crippen molar-refractivity contribution in [3.05, 3.63) is 59.4 Å². The molecule has 0 bridgehead atoms. The quantitative estimate of drug-likeness (QED) is 0.547. The van der Waals surface area contributed by atoms with Crippen molar-refractivity contribution in [3.8, 4) is 0 Å². The van der Waals surface area contributed by atoms with Gasteiger partial charge in [-0.05, 0) is 30.7 Å². The van der Waals surface area contributed by atoms with Crippen LogP contribution in [0.5, 0.6) is 0 Å². The van der Waals surface area contributed by atoms with Gasteiger partial charge in [0.15, 0.2) is 0 Å². The maximum absolute atomic E-state index is 13.5. The van der Waals surface area contributed by atoms with Gasteiger partial charge in [0.25, 0.3) is 5.92 Å². The Hall–Kier alpha value is -2.81. The fourth-order valence-corrected chi connectivity index (χ4v) is 1.97. The number of nitrogens with one attached hydrogen (secondary N) is 1. The van der Waals surface area contributed by atoms with Crippen molar-refractivity contribution in [1.29, 1.82) is 0 Å². The highest BCUT2D eigenvalue weighted by Gasteiger charge is 2.28. The van der Waals surface area contributed by atoms with E-state index < -0.39 is 17.3 Å². The monoisotopic (exact) mass is 352 g/mol. The number of aryl methyl sites for hydroxylation is 1. The number of rotatable bonds is 6. The molecule has 0 aliphatic carbocycles. The molecule has 5 N–H and O–H groups in total. The van der Waals surface area contributed by atoms with Gasteiger partial charge in [-0.15, -0.1) is 0 Å². The summed E-state index contributed by atoms with van der Waals surface area (Å²) in [4.78, 5) is 8.12. The Balaban J connectivity index is 2.08. The predicted molar refractivity (Wildman–Crippen MR) is 90.2 cm³/mol. The van der Waals surface area contributed by atoms with Crippen LogP contribution in [0, 0.1) is 12.7 Å². The van der Waals surface area contributed by atoms with Gasteiger partial charge in [0, 0.05) is 31.2 Å². The van der Waals surface area contributed by atoms with E-state index in [1.807, 2.05) is 6.92 Å². The minimum Gasteiger partial charge on any atom is -0.399 e. The highest BCUT2D eigenvalue weighted by Crippen LogP contribution is 2.31. The number of nitrogens with zero attached hydrogens (tertiary/aromatic N) is 3. The molecule has 1 aromatic heterocycles. The fraction of sp³-hybridized carbons (Fsp3) is 0.250. The van der Waals surface area contributed by atoms with Gasteiger partial charge in [-0.1, -0.05) is 0 Å². The molecule has 1 heterocycles. The van der Waals surface area contributed by atoms with Gasteiger partial charge in [0.1, 0.15) is 5.82 Å². The second kappa shape index (κ2) is 7.39. The first-order chi connectivity index (χ1) is 11.7.